The summed E-state index contributed by atoms with van der Waals surface area (Å²) in [4.78, 5) is 22.6. The second-order valence-corrected chi connectivity index (χ2v) is 3.59. The first-order valence-electron chi connectivity index (χ1n) is 4.44. The fraction of sp³-hybridized carbons (Fsp3) is 0.750. The van der Waals surface area contributed by atoms with Crippen molar-refractivity contribution in [2.24, 2.45) is 5.92 Å². The third-order valence-corrected chi connectivity index (χ3v) is 2.01. The minimum atomic E-state index is -4.55. The number of carbonyl (C=O) groups is 2. The van der Waals surface area contributed by atoms with Gasteiger partial charge in [-0.1, -0.05) is 6.92 Å². The summed E-state index contributed by atoms with van der Waals surface area (Å²) in [5, 5.41) is 2.26. The van der Waals surface area contributed by atoms with Crippen LogP contribution in [0.3, 0.4) is 0 Å². The van der Waals surface area contributed by atoms with Crippen LogP contribution in [0.1, 0.15) is 13.3 Å². The third-order valence-electron chi connectivity index (χ3n) is 2.01. The summed E-state index contributed by atoms with van der Waals surface area (Å²) < 4.78 is 36.1. The van der Waals surface area contributed by atoms with Crippen LogP contribution < -0.4 is 5.32 Å². The smallest absolute Gasteiger partial charge is 0.337 e. The van der Waals surface area contributed by atoms with Gasteiger partial charge in [0.05, 0.1) is 0 Å². The van der Waals surface area contributed by atoms with E-state index in [0.717, 1.165) is 0 Å². The molecule has 1 unspecified atom stereocenters. The highest BCUT2D eigenvalue weighted by Crippen LogP contribution is 2.19. The standard InChI is InChI=1S/C8H11F3N2O2/c1-5-2-6(14)13(4-8(9,10)11)7(15)12-3-5/h5H,2-4H2,1H3,(H,12,15). The largest absolute Gasteiger partial charge is 0.406 e. The van der Waals surface area contributed by atoms with E-state index in [9.17, 15) is 22.8 Å². The lowest BCUT2D eigenvalue weighted by Crippen LogP contribution is -2.46. The number of carbonyl (C=O) groups excluding carboxylic acids is 2. The highest BCUT2D eigenvalue weighted by molar-refractivity contribution is 5.95. The molecule has 1 atom stereocenters. The van der Waals surface area contributed by atoms with Crippen molar-refractivity contribution in [3.05, 3.63) is 0 Å². The summed E-state index contributed by atoms with van der Waals surface area (Å²) in [6, 6.07) is -0.971. The molecule has 0 radical (unpaired) electrons. The van der Waals surface area contributed by atoms with Gasteiger partial charge in [0.1, 0.15) is 6.54 Å². The number of imide groups is 1. The van der Waals surface area contributed by atoms with Crippen molar-refractivity contribution in [1.29, 1.82) is 0 Å². The number of rotatable bonds is 1. The zero-order valence-corrected chi connectivity index (χ0v) is 8.10. The number of nitrogens with zero attached hydrogens (tertiary/aromatic N) is 1. The molecule has 3 amide bonds. The Morgan fingerprint density at radius 3 is 2.60 bits per heavy atom. The van der Waals surface area contributed by atoms with E-state index in [-0.39, 0.29) is 23.8 Å². The fourth-order valence-electron chi connectivity index (χ4n) is 1.29. The molecule has 1 saturated heterocycles. The first kappa shape index (κ1) is 11.8. The number of hydrogen-bond donors (Lipinski definition) is 1. The number of halogens is 3. The van der Waals surface area contributed by atoms with Crippen LogP contribution in [0.4, 0.5) is 18.0 Å². The van der Waals surface area contributed by atoms with Gasteiger partial charge in [0, 0.05) is 13.0 Å². The van der Waals surface area contributed by atoms with Crippen molar-refractivity contribution >= 4 is 11.9 Å². The van der Waals surface area contributed by atoms with Gasteiger partial charge in [-0.25, -0.2) is 4.79 Å². The molecular weight excluding hydrogens is 213 g/mol. The summed E-state index contributed by atoms with van der Waals surface area (Å²) in [5.41, 5.74) is 0. The maximum absolute atomic E-state index is 12.0. The van der Waals surface area contributed by atoms with E-state index < -0.39 is 24.7 Å². The lowest BCUT2D eigenvalue weighted by atomic mass is 10.1. The SMILES string of the molecule is CC1CNC(=O)N(CC(F)(F)F)C(=O)C1. The predicted molar refractivity (Wildman–Crippen MR) is 44.9 cm³/mol. The van der Waals surface area contributed by atoms with Crippen LogP contribution in [0, 0.1) is 5.92 Å². The van der Waals surface area contributed by atoms with E-state index in [1.807, 2.05) is 0 Å². The van der Waals surface area contributed by atoms with Gasteiger partial charge in [0.15, 0.2) is 0 Å². The Kier molecular flexibility index (Phi) is 3.21. The van der Waals surface area contributed by atoms with Gasteiger partial charge in [0.25, 0.3) is 0 Å². The van der Waals surface area contributed by atoms with Gasteiger partial charge in [0.2, 0.25) is 5.91 Å². The second kappa shape index (κ2) is 4.08. The molecule has 0 aromatic heterocycles. The van der Waals surface area contributed by atoms with Crippen molar-refractivity contribution in [2.45, 2.75) is 19.5 Å². The molecule has 0 aromatic carbocycles. The van der Waals surface area contributed by atoms with Crippen LogP contribution in [0.25, 0.3) is 0 Å². The zero-order valence-electron chi connectivity index (χ0n) is 8.10. The van der Waals surface area contributed by atoms with Crippen molar-refractivity contribution < 1.29 is 22.8 Å². The topological polar surface area (TPSA) is 49.4 Å². The second-order valence-electron chi connectivity index (χ2n) is 3.59. The summed E-state index contributed by atoms with van der Waals surface area (Å²) in [7, 11) is 0. The molecular formula is C8H11F3N2O2. The van der Waals surface area contributed by atoms with Crippen LogP contribution in [0.2, 0.25) is 0 Å². The van der Waals surface area contributed by atoms with Gasteiger partial charge in [-0.2, -0.15) is 13.2 Å². The fourth-order valence-corrected chi connectivity index (χ4v) is 1.29. The Bertz CT molecular complexity index is 278. The number of nitrogens with one attached hydrogen (secondary N) is 1. The van der Waals surface area contributed by atoms with Crippen LogP contribution in [0.5, 0.6) is 0 Å². The molecule has 0 saturated carbocycles. The van der Waals surface area contributed by atoms with Crippen molar-refractivity contribution in [1.82, 2.24) is 10.2 Å². The summed E-state index contributed by atoms with van der Waals surface area (Å²) in [5.74, 6) is -0.922. The molecule has 0 aromatic rings. The average molecular weight is 224 g/mol. The lowest BCUT2D eigenvalue weighted by molar-refractivity contribution is -0.154. The van der Waals surface area contributed by atoms with Gasteiger partial charge < -0.3 is 5.32 Å². The number of amides is 3. The molecule has 4 nitrogen and oxygen atoms in total. The lowest BCUT2D eigenvalue weighted by Gasteiger charge is -2.19. The highest BCUT2D eigenvalue weighted by Gasteiger charge is 2.37. The maximum atomic E-state index is 12.0. The third kappa shape index (κ3) is 3.41. The molecule has 0 aliphatic carbocycles. The van der Waals surface area contributed by atoms with E-state index >= 15 is 0 Å². The summed E-state index contributed by atoms with van der Waals surface area (Å²) in [6.07, 6.45) is -4.60. The molecule has 7 heteroatoms. The monoisotopic (exact) mass is 224 g/mol. The molecule has 1 heterocycles. The first-order valence-corrected chi connectivity index (χ1v) is 4.44. The first-order chi connectivity index (χ1) is 6.79. The van der Waals surface area contributed by atoms with Gasteiger partial charge in [-0.3, -0.25) is 9.69 Å². The Morgan fingerprint density at radius 1 is 1.47 bits per heavy atom. The van der Waals surface area contributed by atoms with Crippen molar-refractivity contribution in [3.63, 3.8) is 0 Å². The van der Waals surface area contributed by atoms with Gasteiger partial charge >= 0.3 is 12.2 Å². The highest BCUT2D eigenvalue weighted by atomic mass is 19.4. The Morgan fingerprint density at radius 2 is 2.07 bits per heavy atom. The molecule has 1 fully saturated rings. The van der Waals surface area contributed by atoms with E-state index in [1.54, 1.807) is 6.92 Å². The van der Waals surface area contributed by atoms with Gasteiger partial charge in [-0.05, 0) is 5.92 Å². The van der Waals surface area contributed by atoms with E-state index in [1.165, 1.54) is 0 Å². The average Bonchev–Trinajstić information content (AvgIpc) is 2.17. The quantitative estimate of drug-likeness (QED) is 0.725. The molecule has 1 aliphatic rings. The number of hydrogen-bond acceptors (Lipinski definition) is 2. The molecule has 1 aliphatic heterocycles. The molecule has 0 spiro atoms. The molecule has 15 heavy (non-hydrogen) atoms. The summed E-state index contributed by atoms with van der Waals surface area (Å²) in [6.45, 7) is 0.387. The van der Waals surface area contributed by atoms with Crippen molar-refractivity contribution in [3.8, 4) is 0 Å². The predicted octanol–water partition coefficient (Wildman–Crippen LogP) is 1.13. The van der Waals surface area contributed by atoms with E-state index in [2.05, 4.69) is 5.32 Å². The zero-order chi connectivity index (χ0) is 11.6. The Labute approximate surface area is 84.4 Å². The van der Waals surface area contributed by atoms with E-state index in [4.69, 9.17) is 0 Å². The van der Waals surface area contributed by atoms with Crippen molar-refractivity contribution in [2.75, 3.05) is 13.1 Å². The minimum absolute atomic E-state index is 0.0468. The Balaban J connectivity index is 2.75. The Hall–Kier alpha value is -1.27. The molecule has 86 valence electrons. The normalized spacial score (nSPS) is 23.7. The molecule has 1 rings (SSSR count). The number of urea groups is 1. The van der Waals surface area contributed by atoms with Crippen LogP contribution in [-0.4, -0.2) is 36.1 Å². The van der Waals surface area contributed by atoms with Crippen LogP contribution in [-0.2, 0) is 4.79 Å². The molecule has 0 bridgehead atoms. The maximum Gasteiger partial charge on any atom is 0.406 e. The van der Waals surface area contributed by atoms with Crippen LogP contribution in [0.15, 0.2) is 0 Å². The summed E-state index contributed by atoms with van der Waals surface area (Å²) >= 11 is 0. The number of alkyl halides is 3. The minimum Gasteiger partial charge on any atom is -0.337 e. The van der Waals surface area contributed by atoms with Crippen LogP contribution >= 0.6 is 0 Å². The van der Waals surface area contributed by atoms with Gasteiger partial charge in [-0.15, -0.1) is 0 Å². The molecule has 1 N–H and O–H groups in total. The van der Waals surface area contributed by atoms with E-state index in [0.29, 0.717) is 0 Å².